The maximum Gasteiger partial charge on any atom is 0.0461 e. The number of anilines is 5. The number of rotatable bonds is 9. The van der Waals surface area contributed by atoms with Crippen LogP contribution < -0.4 is 9.80 Å². The largest absolute Gasteiger partial charge is 0.311 e. The summed E-state index contributed by atoms with van der Waals surface area (Å²) in [5.74, 6) is 0. The third kappa shape index (κ3) is 6.43. The van der Waals surface area contributed by atoms with E-state index in [-0.39, 0.29) is 5.41 Å². The van der Waals surface area contributed by atoms with Gasteiger partial charge in [-0.3, -0.25) is 0 Å². The summed E-state index contributed by atoms with van der Waals surface area (Å²) in [6.07, 6.45) is 16.4. The zero-order chi connectivity index (χ0) is 32.1. The molecule has 0 heterocycles. The van der Waals surface area contributed by atoms with Gasteiger partial charge in [-0.15, -0.1) is 0 Å². The lowest BCUT2D eigenvalue weighted by atomic mass is 9.65. The Morgan fingerprint density at radius 1 is 0.532 bits per heavy atom. The van der Waals surface area contributed by atoms with E-state index in [9.17, 15) is 0 Å². The molecule has 2 aliphatic carbocycles. The van der Waals surface area contributed by atoms with Gasteiger partial charge in [-0.25, -0.2) is 0 Å². The fourth-order valence-electron chi connectivity index (χ4n) is 7.57. The smallest absolute Gasteiger partial charge is 0.0461 e. The molecule has 0 atom stereocenters. The molecule has 0 unspecified atom stereocenters. The number of hydrogen-bond acceptors (Lipinski definition) is 2. The SMILES string of the molecule is CCc1ccc(N(c2ccccc2)c2ccc(C3(c4ccc(N(C5=CCCC=C5)c5ccc(C)cc5)cc4)CCCCC3)cc2)cc1. The minimum Gasteiger partial charge on any atom is -0.311 e. The van der Waals surface area contributed by atoms with Crippen molar-refractivity contribution in [1.29, 1.82) is 0 Å². The fraction of sp³-hybridized carbons (Fsp3) is 0.244. The maximum atomic E-state index is 2.41. The van der Waals surface area contributed by atoms with Gasteiger partial charge in [-0.1, -0.05) is 111 Å². The Morgan fingerprint density at radius 3 is 1.57 bits per heavy atom. The molecule has 0 N–H and O–H groups in total. The molecule has 1 saturated carbocycles. The van der Waals surface area contributed by atoms with Gasteiger partial charge in [0.25, 0.3) is 0 Å². The first kappa shape index (κ1) is 30.8. The summed E-state index contributed by atoms with van der Waals surface area (Å²) < 4.78 is 0. The molecule has 0 amide bonds. The van der Waals surface area contributed by atoms with Crippen molar-refractivity contribution in [2.45, 2.75) is 70.6 Å². The van der Waals surface area contributed by atoms with Gasteiger partial charge >= 0.3 is 0 Å². The highest BCUT2D eigenvalue weighted by Crippen LogP contribution is 2.47. The Balaban J connectivity index is 1.24. The quantitative estimate of drug-likeness (QED) is 0.163. The van der Waals surface area contributed by atoms with Crippen LogP contribution in [0.2, 0.25) is 0 Å². The van der Waals surface area contributed by atoms with E-state index in [4.69, 9.17) is 0 Å². The second-order valence-electron chi connectivity index (χ2n) is 13.2. The van der Waals surface area contributed by atoms with E-state index in [2.05, 4.69) is 169 Å². The average Bonchev–Trinajstić information content (AvgIpc) is 3.15. The molecule has 0 radical (unpaired) electrons. The number of hydrogen-bond donors (Lipinski definition) is 0. The van der Waals surface area contributed by atoms with Crippen LogP contribution in [0.25, 0.3) is 0 Å². The van der Waals surface area contributed by atoms with Crippen LogP contribution in [0.5, 0.6) is 0 Å². The monoisotopic (exact) mass is 614 g/mol. The molecule has 0 aromatic heterocycles. The lowest BCUT2D eigenvalue weighted by molar-refractivity contribution is 0.346. The molecule has 2 aliphatic rings. The van der Waals surface area contributed by atoms with Crippen LogP contribution in [-0.4, -0.2) is 0 Å². The molecule has 47 heavy (non-hydrogen) atoms. The number of aryl methyl sites for hydroxylation is 2. The molecule has 2 heteroatoms. The van der Waals surface area contributed by atoms with E-state index in [1.165, 1.54) is 88.5 Å². The molecule has 236 valence electrons. The van der Waals surface area contributed by atoms with Crippen molar-refractivity contribution in [2.75, 3.05) is 9.80 Å². The van der Waals surface area contributed by atoms with Gasteiger partial charge in [0.2, 0.25) is 0 Å². The van der Waals surface area contributed by atoms with Gasteiger partial charge in [-0.05, 0) is 122 Å². The lowest BCUT2D eigenvalue weighted by Gasteiger charge is -2.39. The van der Waals surface area contributed by atoms with Gasteiger partial charge in [-0.2, -0.15) is 0 Å². The number of nitrogens with zero attached hydrogens (tertiary/aromatic N) is 2. The van der Waals surface area contributed by atoms with Crippen LogP contribution in [-0.2, 0) is 11.8 Å². The summed E-state index contributed by atoms with van der Waals surface area (Å²) in [5, 5.41) is 0. The fourth-order valence-corrected chi connectivity index (χ4v) is 7.57. The average molecular weight is 615 g/mol. The summed E-state index contributed by atoms with van der Waals surface area (Å²) in [6.45, 7) is 4.37. The van der Waals surface area contributed by atoms with Crippen molar-refractivity contribution in [3.05, 3.63) is 174 Å². The maximum absolute atomic E-state index is 2.41. The molecule has 0 bridgehead atoms. The second kappa shape index (κ2) is 13.9. The normalized spacial score (nSPS) is 15.6. The van der Waals surface area contributed by atoms with Gasteiger partial charge < -0.3 is 9.80 Å². The van der Waals surface area contributed by atoms with Crippen LogP contribution in [0.1, 0.15) is 74.1 Å². The molecule has 2 nitrogen and oxygen atoms in total. The standard InChI is InChI=1S/C45H46N2/c1-3-36-19-27-42(28-20-36)47(40-15-9-5-10-16-40)44-31-23-38(24-32-44)45(33-11-6-12-34-45)37-21-29-43(30-22-37)46(39-13-7-4-8-14-39)41-25-17-35(2)18-26-41/h5,7,9-10,13-32H,3-4,6,8,11-12,33-34H2,1-2H3. The van der Waals surface area contributed by atoms with E-state index in [1.54, 1.807) is 0 Å². The zero-order valence-electron chi connectivity index (χ0n) is 27.9. The highest BCUT2D eigenvalue weighted by atomic mass is 15.1. The Kier molecular flexibility index (Phi) is 9.11. The van der Waals surface area contributed by atoms with Crippen molar-refractivity contribution >= 4 is 28.4 Å². The van der Waals surface area contributed by atoms with Crippen molar-refractivity contribution in [2.24, 2.45) is 0 Å². The Labute approximate surface area is 281 Å². The highest BCUT2D eigenvalue weighted by molar-refractivity contribution is 5.77. The summed E-state index contributed by atoms with van der Waals surface area (Å²) in [4.78, 5) is 4.78. The summed E-state index contributed by atoms with van der Waals surface area (Å²) in [7, 11) is 0. The minimum absolute atomic E-state index is 0.0222. The Hall–Kier alpha value is -4.82. The molecule has 0 saturated heterocycles. The summed E-state index contributed by atoms with van der Waals surface area (Å²) in [6, 6.07) is 47.7. The van der Waals surface area contributed by atoms with E-state index < -0.39 is 0 Å². The van der Waals surface area contributed by atoms with Gasteiger partial charge in [0.05, 0.1) is 0 Å². The Bertz CT molecular complexity index is 1810. The molecule has 5 aromatic rings. The van der Waals surface area contributed by atoms with Crippen LogP contribution in [0, 0.1) is 6.92 Å². The number of para-hydroxylation sites is 1. The molecule has 1 fully saturated rings. The van der Waals surface area contributed by atoms with E-state index in [0.29, 0.717) is 0 Å². The predicted octanol–water partition coefficient (Wildman–Crippen LogP) is 12.6. The number of allylic oxidation sites excluding steroid dienone is 3. The third-order valence-electron chi connectivity index (χ3n) is 10.2. The first-order valence-corrected chi connectivity index (χ1v) is 17.5. The zero-order valence-corrected chi connectivity index (χ0v) is 27.9. The Morgan fingerprint density at radius 2 is 1.04 bits per heavy atom. The molecule has 0 aliphatic heterocycles. The predicted molar refractivity (Wildman–Crippen MR) is 201 cm³/mol. The second-order valence-corrected chi connectivity index (χ2v) is 13.2. The molecular weight excluding hydrogens is 569 g/mol. The molecule has 5 aromatic carbocycles. The topological polar surface area (TPSA) is 6.48 Å². The highest BCUT2D eigenvalue weighted by Gasteiger charge is 2.36. The van der Waals surface area contributed by atoms with Crippen molar-refractivity contribution in [3.63, 3.8) is 0 Å². The van der Waals surface area contributed by atoms with Gasteiger partial charge in [0, 0.05) is 39.5 Å². The first-order valence-electron chi connectivity index (χ1n) is 17.5. The molecular formula is C45H46N2. The van der Waals surface area contributed by atoms with E-state index in [1.807, 2.05) is 0 Å². The lowest BCUT2D eigenvalue weighted by Crippen LogP contribution is -2.30. The summed E-state index contributed by atoms with van der Waals surface area (Å²) in [5.41, 5.74) is 12.7. The van der Waals surface area contributed by atoms with Crippen LogP contribution in [0.4, 0.5) is 28.4 Å². The van der Waals surface area contributed by atoms with Gasteiger partial charge in [0.15, 0.2) is 0 Å². The van der Waals surface area contributed by atoms with Crippen molar-refractivity contribution in [3.8, 4) is 0 Å². The van der Waals surface area contributed by atoms with Crippen molar-refractivity contribution < 1.29 is 0 Å². The minimum atomic E-state index is 0.0222. The van der Waals surface area contributed by atoms with Gasteiger partial charge in [0.1, 0.15) is 0 Å². The van der Waals surface area contributed by atoms with Crippen molar-refractivity contribution in [1.82, 2.24) is 0 Å². The van der Waals surface area contributed by atoms with Crippen LogP contribution >= 0.6 is 0 Å². The third-order valence-corrected chi connectivity index (χ3v) is 10.2. The first-order chi connectivity index (χ1) is 23.1. The van der Waals surface area contributed by atoms with E-state index >= 15 is 0 Å². The number of benzene rings is 5. The molecule has 0 spiro atoms. The van der Waals surface area contributed by atoms with Crippen LogP contribution in [0.15, 0.2) is 151 Å². The van der Waals surface area contributed by atoms with E-state index in [0.717, 1.165) is 19.3 Å². The summed E-state index contributed by atoms with van der Waals surface area (Å²) >= 11 is 0. The van der Waals surface area contributed by atoms with Crippen LogP contribution in [0.3, 0.4) is 0 Å². The molecule has 7 rings (SSSR count).